The Kier molecular flexibility index (Phi) is 9.61. The first kappa shape index (κ1) is 31.5. The normalized spacial score (nSPS) is 18.0. The second-order valence-electron chi connectivity index (χ2n) is 11.2. The predicted molar refractivity (Wildman–Crippen MR) is 175 cm³/mol. The molecule has 1 unspecified atom stereocenters. The van der Waals surface area contributed by atoms with Gasteiger partial charge in [0, 0.05) is 24.3 Å². The van der Waals surface area contributed by atoms with Crippen LogP contribution in [0, 0.1) is 11.3 Å². The van der Waals surface area contributed by atoms with Crippen molar-refractivity contribution in [1.82, 2.24) is 29.3 Å². The minimum Gasteiger partial charge on any atom is -0.491 e. The van der Waals surface area contributed by atoms with Crippen LogP contribution in [-0.2, 0) is 21.8 Å². The van der Waals surface area contributed by atoms with E-state index in [9.17, 15) is 10.1 Å². The number of ether oxygens (including phenoxy) is 3. The van der Waals surface area contributed by atoms with Gasteiger partial charge < -0.3 is 24.8 Å². The van der Waals surface area contributed by atoms with Crippen LogP contribution < -0.4 is 21.1 Å². The molecule has 0 spiro atoms. The molecule has 1 aliphatic heterocycles. The number of anilines is 2. The fraction of sp³-hybridized carbons (Fsp3) is 0.324. The molecule has 3 aromatic carbocycles. The van der Waals surface area contributed by atoms with E-state index in [-0.39, 0.29) is 17.8 Å². The van der Waals surface area contributed by atoms with Crippen LogP contribution in [-0.4, -0.2) is 61.7 Å². The molecule has 2 aromatic heterocycles. The summed E-state index contributed by atoms with van der Waals surface area (Å²) in [5.41, 5.74) is 3.34. The van der Waals surface area contributed by atoms with E-state index in [1.54, 1.807) is 29.3 Å². The molecule has 0 amide bonds. The first-order chi connectivity index (χ1) is 23.0. The van der Waals surface area contributed by atoms with Crippen molar-refractivity contribution in [2.24, 2.45) is 0 Å². The number of rotatable bonds is 14. The van der Waals surface area contributed by atoms with Gasteiger partial charge in [-0.15, -0.1) is 0 Å². The Hall–Kier alpha value is -5.45. The number of hydrogen-bond donors (Lipinski definition) is 2. The number of aromatic nitrogens is 6. The number of hydrogen-bond acceptors (Lipinski definition) is 10. The molecule has 47 heavy (non-hydrogen) atoms. The van der Waals surface area contributed by atoms with Gasteiger partial charge in [-0.05, 0) is 55.8 Å². The first-order valence-corrected chi connectivity index (χ1v) is 15.6. The van der Waals surface area contributed by atoms with Crippen LogP contribution in [0.5, 0.6) is 5.75 Å². The maximum absolute atomic E-state index is 12.8. The Morgan fingerprint density at radius 3 is 2.55 bits per heavy atom. The molecule has 3 atom stereocenters. The predicted octanol–water partition coefficient (Wildman–Crippen LogP) is 4.34. The zero-order valence-corrected chi connectivity index (χ0v) is 26.3. The molecule has 2 N–H and O–H groups in total. The van der Waals surface area contributed by atoms with Crippen molar-refractivity contribution in [2.75, 3.05) is 36.9 Å². The molecule has 13 heteroatoms. The average Bonchev–Trinajstić information content (AvgIpc) is 3.87. The fourth-order valence-electron chi connectivity index (χ4n) is 5.34. The Labute approximate surface area is 272 Å². The average molecular weight is 636 g/mol. The largest absolute Gasteiger partial charge is 0.491 e. The zero-order chi connectivity index (χ0) is 32.6. The lowest BCUT2D eigenvalue weighted by Gasteiger charge is -2.28. The van der Waals surface area contributed by atoms with Crippen molar-refractivity contribution in [1.29, 1.82) is 5.26 Å². The summed E-state index contributed by atoms with van der Waals surface area (Å²) in [5, 5.41) is 29.1. The number of benzene rings is 3. The monoisotopic (exact) mass is 635 g/mol. The van der Waals surface area contributed by atoms with Crippen molar-refractivity contribution < 1.29 is 14.2 Å². The van der Waals surface area contributed by atoms with Crippen LogP contribution in [0.1, 0.15) is 37.4 Å². The van der Waals surface area contributed by atoms with Crippen molar-refractivity contribution >= 4 is 11.4 Å². The summed E-state index contributed by atoms with van der Waals surface area (Å²) in [6, 6.07) is 25.0. The van der Waals surface area contributed by atoms with E-state index in [4.69, 9.17) is 14.2 Å². The molecule has 6 rings (SSSR count). The van der Waals surface area contributed by atoms with E-state index in [2.05, 4.69) is 32.0 Å². The van der Waals surface area contributed by atoms with Crippen LogP contribution >= 0.6 is 0 Å². The highest BCUT2D eigenvalue weighted by atomic mass is 16.8. The Bertz CT molecular complexity index is 1850. The summed E-state index contributed by atoms with van der Waals surface area (Å²) < 4.78 is 21.6. The third kappa shape index (κ3) is 7.19. The molecule has 0 aliphatic carbocycles. The van der Waals surface area contributed by atoms with Gasteiger partial charge in [-0.2, -0.15) is 25.4 Å². The Morgan fingerprint density at radius 1 is 1.04 bits per heavy atom. The molecule has 1 saturated heterocycles. The van der Waals surface area contributed by atoms with Gasteiger partial charge in [-0.25, -0.2) is 14.0 Å². The van der Waals surface area contributed by atoms with Gasteiger partial charge >= 0.3 is 5.69 Å². The van der Waals surface area contributed by atoms with E-state index in [1.807, 2.05) is 74.5 Å². The summed E-state index contributed by atoms with van der Waals surface area (Å²) in [5.74, 6) is -0.279. The number of nitriles is 1. The molecular weight excluding hydrogens is 598 g/mol. The van der Waals surface area contributed by atoms with E-state index < -0.39 is 5.79 Å². The van der Waals surface area contributed by atoms with Crippen LogP contribution in [0.15, 0.2) is 96.3 Å². The molecule has 5 aromatic rings. The Balaban J connectivity index is 0.981. The van der Waals surface area contributed by atoms with Crippen LogP contribution in [0.4, 0.5) is 11.4 Å². The van der Waals surface area contributed by atoms with Gasteiger partial charge in [0.25, 0.3) is 0 Å². The second-order valence-corrected chi connectivity index (χ2v) is 11.2. The fourth-order valence-corrected chi connectivity index (χ4v) is 5.34. The van der Waals surface area contributed by atoms with Crippen molar-refractivity contribution in [2.45, 2.75) is 44.7 Å². The topological polar surface area (TPSA) is 146 Å². The lowest BCUT2D eigenvalue weighted by molar-refractivity contribution is -0.192. The number of nitrogens with one attached hydrogen (secondary N) is 2. The molecule has 242 valence electrons. The minimum atomic E-state index is -0.997. The third-order valence-corrected chi connectivity index (χ3v) is 8.05. The van der Waals surface area contributed by atoms with Crippen LogP contribution in [0.25, 0.3) is 5.69 Å². The van der Waals surface area contributed by atoms with Gasteiger partial charge in [0.1, 0.15) is 37.4 Å². The van der Waals surface area contributed by atoms with E-state index in [1.165, 1.54) is 15.6 Å². The molecule has 0 saturated carbocycles. The lowest BCUT2D eigenvalue weighted by Crippen LogP contribution is -2.35. The quantitative estimate of drug-likeness (QED) is 0.169. The number of nitrogens with zero attached hydrogens (tertiary/aromatic N) is 7. The molecule has 1 aliphatic rings. The summed E-state index contributed by atoms with van der Waals surface area (Å²) in [6.07, 6.45) is 5.27. The highest BCUT2D eigenvalue weighted by Crippen LogP contribution is 2.36. The van der Waals surface area contributed by atoms with Crippen LogP contribution in [0.2, 0.25) is 0 Å². The molecule has 1 fully saturated rings. The Morgan fingerprint density at radius 2 is 1.81 bits per heavy atom. The van der Waals surface area contributed by atoms with E-state index in [0.717, 1.165) is 23.4 Å². The summed E-state index contributed by atoms with van der Waals surface area (Å²) >= 11 is 0. The minimum absolute atomic E-state index is 0.00353. The van der Waals surface area contributed by atoms with Gasteiger partial charge in [-0.1, -0.05) is 37.3 Å². The van der Waals surface area contributed by atoms with Gasteiger partial charge in [-0.3, -0.25) is 0 Å². The second kappa shape index (κ2) is 14.3. The molecule has 3 heterocycles. The summed E-state index contributed by atoms with van der Waals surface area (Å²) in [7, 11) is 0. The van der Waals surface area contributed by atoms with E-state index >= 15 is 0 Å². The van der Waals surface area contributed by atoms with Crippen molar-refractivity contribution in [3.8, 4) is 17.5 Å². The lowest BCUT2D eigenvalue weighted by atomic mass is 10.1. The molecular formula is C34H37N9O4. The highest BCUT2D eigenvalue weighted by Gasteiger charge is 2.44. The standard InChI is InChI=1S/C34H37N9O4/c1-3-25(2)43-33(44)41(24-40-43)29-11-14-32(26(19-29)20-35)37-16-15-36-28-9-12-30(13-10-28)45-21-31-22-46-34(47-31,23-42-38-17-18-39-42)27-7-5-4-6-8-27/h4-14,17-19,24-25,31,36-37H,3,15-16,21-23H2,1-2H3/t25?,31-,34-/m1/s1. The maximum Gasteiger partial charge on any atom is 0.350 e. The van der Waals surface area contributed by atoms with Crippen molar-refractivity contribution in [3.63, 3.8) is 0 Å². The van der Waals surface area contributed by atoms with Crippen molar-refractivity contribution in [3.05, 3.63) is 113 Å². The molecule has 0 bridgehead atoms. The van der Waals surface area contributed by atoms with Gasteiger partial charge in [0.2, 0.25) is 5.79 Å². The first-order valence-electron chi connectivity index (χ1n) is 15.6. The smallest absolute Gasteiger partial charge is 0.350 e. The summed E-state index contributed by atoms with van der Waals surface area (Å²) in [4.78, 5) is 14.3. The summed E-state index contributed by atoms with van der Waals surface area (Å²) in [6.45, 7) is 6.18. The third-order valence-electron chi connectivity index (χ3n) is 8.05. The molecule has 0 radical (unpaired) electrons. The van der Waals surface area contributed by atoms with Gasteiger partial charge in [0.15, 0.2) is 0 Å². The zero-order valence-electron chi connectivity index (χ0n) is 26.3. The SMILES string of the molecule is CCC(C)n1ncn(-c2ccc(NCCNc3ccc(OC[C@@H]4CO[C@@](Cn5nccn5)(c5ccccc5)O4)cc3)c(C#N)c2)c1=O. The van der Waals surface area contributed by atoms with Gasteiger partial charge in [0.05, 0.1) is 42.0 Å². The highest BCUT2D eigenvalue weighted by molar-refractivity contribution is 5.61. The van der Waals surface area contributed by atoms with E-state index in [0.29, 0.717) is 49.8 Å². The van der Waals surface area contributed by atoms with Crippen LogP contribution in [0.3, 0.4) is 0 Å². The maximum atomic E-state index is 12.8. The molecule has 13 nitrogen and oxygen atoms in total.